The number of nitrogens with zero attached hydrogens (tertiary/aromatic N) is 1. The average molecular weight is 269 g/mol. The van der Waals surface area contributed by atoms with Gasteiger partial charge in [-0.05, 0) is 44.5 Å². The van der Waals surface area contributed by atoms with Gasteiger partial charge in [-0.3, -0.25) is 4.90 Å². The van der Waals surface area contributed by atoms with Crippen LogP contribution in [0.4, 0.5) is 5.69 Å². The van der Waals surface area contributed by atoms with Crippen molar-refractivity contribution in [3.05, 3.63) is 28.8 Å². The van der Waals surface area contributed by atoms with E-state index < -0.39 is 0 Å². The molecule has 0 bridgehead atoms. The first-order chi connectivity index (χ1) is 8.54. The van der Waals surface area contributed by atoms with Gasteiger partial charge < -0.3 is 5.73 Å². The quantitative estimate of drug-likeness (QED) is 0.589. The molecule has 0 spiro atoms. The van der Waals surface area contributed by atoms with E-state index in [-0.39, 0.29) is 0 Å². The van der Waals surface area contributed by atoms with Crippen LogP contribution in [-0.4, -0.2) is 17.5 Å². The Morgan fingerprint density at radius 2 is 2.00 bits per heavy atom. The van der Waals surface area contributed by atoms with Crippen LogP contribution in [0.2, 0.25) is 5.02 Å². The highest BCUT2D eigenvalue weighted by Gasteiger charge is 2.10. The van der Waals surface area contributed by atoms with Gasteiger partial charge in [0.25, 0.3) is 0 Å². The summed E-state index contributed by atoms with van der Waals surface area (Å²) in [5.74, 6) is 0. The predicted molar refractivity (Wildman–Crippen MR) is 80.9 cm³/mol. The second kappa shape index (κ2) is 7.65. The first-order valence-corrected chi connectivity index (χ1v) is 7.20. The summed E-state index contributed by atoms with van der Waals surface area (Å²) >= 11 is 5.94. The fourth-order valence-corrected chi connectivity index (χ4v) is 2.13. The first kappa shape index (κ1) is 15.3. The Kier molecular flexibility index (Phi) is 6.51. The zero-order chi connectivity index (χ0) is 13.5. The van der Waals surface area contributed by atoms with E-state index in [9.17, 15) is 0 Å². The van der Waals surface area contributed by atoms with Crippen molar-refractivity contribution in [1.82, 2.24) is 4.90 Å². The number of unbranched alkanes of at least 4 members (excludes halogenated alkanes) is 2. The third kappa shape index (κ3) is 4.87. The molecule has 1 aromatic carbocycles. The summed E-state index contributed by atoms with van der Waals surface area (Å²) in [6.07, 6.45) is 3.82. The van der Waals surface area contributed by atoms with E-state index in [0.717, 1.165) is 13.1 Å². The van der Waals surface area contributed by atoms with Gasteiger partial charge in [-0.25, -0.2) is 0 Å². The molecule has 0 unspecified atom stereocenters. The molecule has 0 aliphatic carbocycles. The molecule has 0 amide bonds. The Labute approximate surface area is 116 Å². The minimum atomic E-state index is 0.554. The highest BCUT2D eigenvalue weighted by atomic mass is 35.5. The molecule has 0 aliphatic rings. The molecular formula is C15H25ClN2. The SMILES string of the molecule is CCCCCN(Cc1ccc(Cl)c(N)c1)C(C)C. The summed E-state index contributed by atoms with van der Waals surface area (Å²) in [6.45, 7) is 8.81. The highest BCUT2D eigenvalue weighted by Crippen LogP contribution is 2.21. The lowest BCUT2D eigenvalue weighted by Gasteiger charge is -2.26. The van der Waals surface area contributed by atoms with Gasteiger partial charge >= 0.3 is 0 Å². The Morgan fingerprint density at radius 3 is 2.56 bits per heavy atom. The second-order valence-corrected chi connectivity index (χ2v) is 5.53. The van der Waals surface area contributed by atoms with E-state index in [1.54, 1.807) is 0 Å². The zero-order valence-electron chi connectivity index (χ0n) is 11.7. The maximum Gasteiger partial charge on any atom is 0.0635 e. The molecule has 0 aliphatic heterocycles. The molecular weight excluding hydrogens is 244 g/mol. The van der Waals surface area contributed by atoms with Gasteiger partial charge in [0.15, 0.2) is 0 Å². The van der Waals surface area contributed by atoms with Gasteiger partial charge in [-0.2, -0.15) is 0 Å². The van der Waals surface area contributed by atoms with Crippen molar-refractivity contribution in [1.29, 1.82) is 0 Å². The Bertz CT molecular complexity index is 364. The molecule has 18 heavy (non-hydrogen) atoms. The second-order valence-electron chi connectivity index (χ2n) is 5.13. The number of nitrogens with two attached hydrogens (primary N) is 1. The molecule has 0 radical (unpaired) electrons. The Hall–Kier alpha value is -0.730. The van der Waals surface area contributed by atoms with Crippen LogP contribution in [0, 0.1) is 0 Å². The molecule has 0 saturated heterocycles. The monoisotopic (exact) mass is 268 g/mol. The normalized spacial score (nSPS) is 11.4. The standard InChI is InChI=1S/C15H25ClN2/c1-4-5-6-9-18(12(2)3)11-13-7-8-14(16)15(17)10-13/h7-8,10,12H,4-6,9,11,17H2,1-3H3. The van der Waals surface area contributed by atoms with Gasteiger partial charge in [0, 0.05) is 12.6 Å². The Balaban J connectivity index is 2.61. The number of halogens is 1. The van der Waals surface area contributed by atoms with E-state index in [2.05, 4.69) is 31.7 Å². The number of benzene rings is 1. The van der Waals surface area contributed by atoms with Crippen molar-refractivity contribution >= 4 is 17.3 Å². The number of hydrogen-bond acceptors (Lipinski definition) is 2. The summed E-state index contributed by atoms with van der Waals surface area (Å²) < 4.78 is 0. The van der Waals surface area contributed by atoms with Gasteiger partial charge in [0.05, 0.1) is 10.7 Å². The fraction of sp³-hybridized carbons (Fsp3) is 0.600. The summed E-state index contributed by atoms with van der Waals surface area (Å²) in [6, 6.07) is 6.49. The van der Waals surface area contributed by atoms with Crippen molar-refractivity contribution < 1.29 is 0 Å². The van der Waals surface area contributed by atoms with Crippen LogP contribution in [0.25, 0.3) is 0 Å². The topological polar surface area (TPSA) is 29.3 Å². The minimum absolute atomic E-state index is 0.554. The summed E-state index contributed by atoms with van der Waals surface area (Å²) in [5.41, 5.74) is 7.75. The fourth-order valence-electron chi connectivity index (χ4n) is 2.01. The van der Waals surface area contributed by atoms with Gasteiger partial charge in [-0.15, -0.1) is 0 Å². The van der Waals surface area contributed by atoms with Gasteiger partial charge in [0.2, 0.25) is 0 Å². The third-order valence-electron chi connectivity index (χ3n) is 3.23. The number of anilines is 1. The molecule has 1 aromatic rings. The average Bonchev–Trinajstić information content (AvgIpc) is 2.32. The molecule has 3 heteroatoms. The molecule has 0 atom stereocenters. The minimum Gasteiger partial charge on any atom is -0.398 e. The summed E-state index contributed by atoms with van der Waals surface area (Å²) in [4.78, 5) is 2.48. The molecule has 2 nitrogen and oxygen atoms in total. The van der Waals surface area contributed by atoms with Crippen molar-refractivity contribution in [2.24, 2.45) is 0 Å². The van der Waals surface area contributed by atoms with Crippen molar-refractivity contribution in [2.45, 2.75) is 52.6 Å². The van der Waals surface area contributed by atoms with E-state index in [0.29, 0.717) is 16.8 Å². The maximum atomic E-state index is 5.94. The number of rotatable bonds is 7. The smallest absolute Gasteiger partial charge is 0.0635 e. The molecule has 0 heterocycles. The van der Waals surface area contributed by atoms with Crippen molar-refractivity contribution in [3.8, 4) is 0 Å². The predicted octanol–water partition coefficient (Wildman–Crippen LogP) is 4.32. The van der Waals surface area contributed by atoms with Crippen molar-refractivity contribution in [3.63, 3.8) is 0 Å². The number of nitrogen functional groups attached to an aromatic ring is 1. The molecule has 102 valence electrons. The molecule has 2 N–H and O–H groups in total. The van der Waals surface area contributed by atoms with Crippen LogP contribution in [0.15, 0.2) is 18.2 Å². The van der Waals surface area contributed by atoms with E-state index >= 15 is 0 Å². The van der Waals surface area contributed by atoms with E-state index in [1.807, 2.05) is 12.1 Å². The van der Waals surface area contributed by atoms with E-state index in [4.69, 9.17) is 17.3 Å². The molecule has 0 aromatic heterocycles. The van der Waals surface area contributed by atoms with Crippen molar-refractivity contribution in [2.75, 3.05) is 12.3 Å². The molecule has 0 fully saturated rings. The lowest BCUT2D eigenvalue weighted by atomic mass is 10.1. The lowest BCUT2D eigenvalue weighted by Crippen LogP contribution is -2.31. The lowest BCUT2D eigenvalue weighted by molar-refractivity contribution is 0.208. The van der Waals surface area contributed by atoms with Crippen LogP contribution < -0.4 is 5.73 Å². The maximum absolute atomic E-state index is 5.94. The number of hydrogen-bond donors (Lipinski definition) is 1. The Morgan fingerprint density at radius 1 is 1.28 bits per heavy atom. The van der Waals surface area contributed by atoms with E-state index in [1.165, 1.54) is 24.8 Å². The van der Waals surface area contributed by atoms with Crippen LogP contribution in [0.1, 0.15) is 45.6 Å². The van der Waals surface area contributed by atoms with Gasteiger partial charge in [0.1, 0.15) is 0 Å². The van der Waals surface area contributed by atoms with Crippen LogP contribution in [-0.2, 0) is 6.54 Å². The first-order valence-electron chi connectivity index (χ1n) is 6.82. The van der Waals surface area contributed by atoms with Crippen LogP contribution in [0.5, 0.6) is 0 Å². The largest absolute Gasteiger partial charge is 0.398 e. The zero-order valence-corrected chi connectivity index (χ0v) is 12.5. The molecule has 0 saturated carbocycles. The van der Waals surface area contributed by atoms with Crippen LogP contribution in [0.3, 0.4) is 0 Å². The molecule has 1 rings (SSSR count). The highest BCUT2D eigenvalue weighted by molar-refractivity contribution is 6.33. The third-order valence-corrected chi connectivity index (χ3v) is 3.57. The summed E-state index contributed by atoms with van der Waals surface area (Å²) in [7, 11) is 0. The van der Waals surface area contributed by atoms with Crippen LogP contribution >= 0.6 is 11.6 Å². The van der Waals surface area contributed by atoms with Gasteiger partial charge in [-0.1, -0.05) is 37.4 Å². The summed E-state index contributed by atoms with van der Waals surface area (Å²) in [5, 5.41) is 0.640.